The van der Waals surface area contributed by atoms with E-state index in [0.29, 0.717) is 42.6 Å². The van der Waals surface area contributed by atoms with Gasteiger partial charge in [0.05, 0.1) is 11.1 Å². The Kier molecular flexibility index (Phi) is 6.09. The topological polar surface area (TPSA) is 86.8 Å². The van der Waals surface area contributed by atoms with Crippen molar-refractivity contribution in [2.75, 3.05) is 19.0 Å². The summed E-state index contributed by atoms with van der Waals surface area (Å²) in [7, 11) is 0. The first-order valence-corrected chi connectivity index (χ1v) is 11.2. The maximum Gasteiger partial charge on any atom is 0.261 e. The monoisotopic (exact) mass is 431 g/mol. The van der Waals surface area contributed by atoms with Gasteiger partial charge in [0.1, 0.15) is 5.88 Å². The van der Waals surface area contributed by atoms with E-state index in [4.69, 9.17) is 11.6 Å². The Morgan fingerprint density at radius 2 is 1.63 bits per heavy atom. The minimum atomic E-state index is -0.279. The summed E-state index contributed by atoms with van der Waals surface area (Å²) in [6.07, 6.45) is 6.23. The molecule has 4 rings (SSSR count). The molecule has 2 fully saturated rings. The summed E-state index contributed by atoms with van der Waals surface area (Å²) in [5, 5.41) is 2.85. The zero-order valence-corrected chi connectivity index (χ0v) is 17.6. The van der Waals surface area contributed by atoms with E-state index in [1.54, 1.807) is 23.1 Å². The fourth-order valence-electron chi connectivity index (χ4n) is 4.74. The summed E-state index contributed by atoms with van der Waals surface area (Å²) in [6, 6.07) is 4.80. The molecule has 1 aromatic rings. The molecular weight excluding hydrogens is 406 g/mol. The summed E-state index contributed by atoms with van der Waals surface area (Å²) in [4.78, 5) is 53.3. The second kappa shape index (κ2) is 8.76. The van der Waals surface area contributed by atoms with Crippen LogP contribution in [-0.2, 0) is 4.79 Å². The van der Waals surface area contributed by atoms with Crippen molar-refractivity contribution in [2.45, 2.75) is 57.0 Å². The molecule has 2 aliphatic heterocycles. The van der Waals surface area contributed by atoms with Crippen LogP contribution in [0.2, 0.25) is 0 Å². The second-order valence-electron chi connectivity index (χ2n) is 8.30. The molecule has 1 aromatic carbocycles. The highest BCUT2D eigenvalue weighted by molar-refractivity contribution is 6.27. The van der Waals surface area contributed by atoms with Crippen LogP contribution in [0.1, 0.15) is 76.0 Å². The number of hydrogen-bond acceptors (Lipinski definition) is 4. The minimum Gasteiger partial charge on any atom is -0.352 e. The maximum atomic E-state index is 13.0. The van der Waals surface area contributed by atoms with Gasteiger partial charge in [-0.2, -0.15) is 0 Å². The zero-order chi connectivity index (χ0) is 21.3. The molecule has 0 bridgehead atoms. The standard InChI is InChI=1S/C22H26ClN3O4/c23-13-19(27)24-15-8-10-25(11-9-15)20(28)14-6-7-17-18(12-14)22(30)26(21(17)29)16-4-2-1-3-5-16/h6-7,12,15-16H,1-5,8-11,13H2,(H,24,27). The van der Waals surface area contributed by atoms with Gasteiger partial charge in [0.2, 0.25) is 5.91 Å². The number of likely N-dealkylation sites (tertiary alicyclic amines) is 1. The van der Waals surface area contributed by atoms with Crippen molar-refractivity contribution < 1.29 is 19.2 Å². The molecule has 1 aliphatic carbocycles. The number of amides is 4. The Balaban J connectivity index is 1.45. The van der Waals surface area contributed by atoms with E-state index in [-0.39, 0.29) is 41.6 Å². The number of fused-ring (bicyclic) bond motifs is 1. The lowest BCUT2D eigenvalue weighted by molar-refractivity contribution is -0.119. The van der Waals surface area contributed by atoms with Crippen LogP contribution in [0, 0.1) is 0 Å². The Morgan fingerprint density at radius 3 is 2.30 bits per heavy atom. The van der Waals surface area contributed by atoms with Crippen LogP contribution >= 0.6 is 11.6 Å². The highest BCUT2D eigenvalue weighted by Crippen LogP contribution is 2.31. The molecule has 1 saturated heterocycles. The van der Waals surface area contributed by atoms with E-state index in [1.807, 2.05) is 0 Å². The first-order valence-electron chi connectivity index (χ1n) is 10.7. The van der Waals surface area contributed by atoms with Crippen LogP contribution in [-0.4, -0.2) is 64.5 Å². The Morgan fingerprint density at radius 1 is 0.967 bits per heavy atom. The van der Waals surface area contributed by atoms with Crippen molar-refractivity contribution in [3.8, 4) is 0 Å². The Hall–Kier alpha value is -2.41. The number of nitrogens with zero attached hydrogens (tertiary/aromatic N) is 2. The average molecular weight is 432 g/mol. The molecule has 1 N–H and O–H groups in total. The van der Waals surface area contributed by atoms with Crippen molar-refractivity contribution in [3.63, 3.8) is 0 Å². The fraction of sp³-hybridized carbons (Fsp3) is 0.545. The summed E-state index contributed by atoms with van der Waals surface area (Å²) in [6.45, 7) is 1.04. The SMILES string of the molecule is O=C(CCl)NC1CCN(C(=O)c2ccc3c(c2)C(=O)N(C2CCCCC2)C3=O)CC1. The van der Waals surface area contributed by atoms with Gasteiger partial charge in [-0.05, 0) is 43.9 Å². The van der Waals surface area contributed by atoms with E-state index in [9.17, 15) is 19.2 Å². The van der Waals surface area contributed by atoms with Gasteiger partial charge in [-0.25, -0.2) is 0 Å². The zero-order valence-electron chi connectivity index (χ0n) is 16.9. The minimum absolute atomic E-state index is 0.0172. The molecule has 0 atom stereocenters. The largest absolute Gasteiger partial charge is 0.352 e. The first-order chi connectivity index (χ1) is 14.5. The summed E-state index contributed by atoms with van der Waals surface area (Å²) in [5.74, 6) is -0.948. The van der Waals surface area contributed by atoms with E-state index in [2.05, 4.69) is 5.32 Å². The van der Waals surface area contributed by atoms with Gasteiger partial charge in [0.25, 0.3) is 17.7 Å². The number of rotatable bonds is 4. The quantitative estimate of drug-likeness (QED) is 0.586. The van der Waals surface area contributed by atoms with Crippen molar-refractivity contribution in [1.29, 1.82) is 0 Å². The molecule has 3 aliphatic rings. The molecular formula is C22H26ClN3O4. The number of hydrogen-bond donors (Lipinski definition) is 1. The van der Waals surface area contributed by atoms with Crippen molar-refractivity contribution in [3.05, 3.63) is 34.9 Å². The number of nitrogens with one attached hydrogen (secondary N) is 1. The molecule has 0 aromatic heterocycles. The van der Waals surface area contributed by atoms with Gasteiger partial charge in [-0.1, -0.05) is 19.3 Å². The fourth-order valence-corrected chi connectivity index (χ4v) is 4.82. The van der Waals surface area contributed by atoms with Crippen LogP contribution in [0.25, 0.3) is 0 Å². The molecule has 7 nitrogen and oxygen atoms in total. The van der Waals surface area contributed by atoms with Gasteiger partial charge >= 0.3 is 0 Å². The van der Waals surface area contributed by atoms with Crippen molar-refractivity contribution >= 4 is 35.2 Å². The van der Waals surface area contributed by atoms with Gasteiger partial charge in [0.15, 0.2) is 0 Å². The highest BCUT2D eigenvalue weighted by Gasteiger charge is 2.40. The third-order valence-corrected chi connectivity index (χ3v) is 6.62. The predicted molar refractivity (Wildman–Crippen MR) is 112 cm³/mol. The molecule has 0 unspecified atom stereocenters. The molecule has 8 heteroatoms. The molecule has 4 amide bonds. The van der Waals surface area contributed by atoms with Crippen LogP contribution in [0.4, 0.5) is 0 Å². The summed E-state index contributed by atoms with van der Waals surface area (Å²) < 4.78 is 0. The van der Waals surface area contributed by atoms with Crippen molar-refractivity contribution in [1.82, 2.24) is 15.1 Å². The number of piperidine rings is 1. The van der Waals surface area contributed by atoms with E-state index >= 15 is 0 Å². The van der Waals surface area contributed by atoms with Gasteiger partial charge < -0.3 is 10.2 Å². The summed E-state index contributed by atoms with van der Waals surface area (Å²) >= 11 is 5.53. The normalized spacial score (nSPS) is 20.4. The van der Waals surface area contributed by atoms with E-state index in [0.717, 1.165) is 32.1 Å². The average Bonchev–Trinajstić information content (AvgIpc) is 3.03. The molecule has 160 valence electrons. The number of alkyl halides is 1. The number of carbonyl (C=O) groups is 4. The third-order valence-electron chi connectivity index (χ3n) is 6.37. The van der Waals surface area contributed by atoms with Crippen LogP contribution < -0.4 is 5.32 Å². The van der Waals surface area contributed by atoms with Crippen LogP contribution in [0.5, 0.6) is 0 Å². The van der Waals surface area contributed by atoms with Gasteiger partial charge in [-0.15, -0.1) is 11.6 Å². The maximum absolute atomic E-state index is 13.0. The Bertz CT molecular complexity index is 873. The van der Waals surface area contributed by atoms with Crippen molar-refractivity contribution in [2.24, 2.45) is 0 Å². The van der Waals surface area contributed by atoms with Crippen LogP contribution in [0.3, 0.4) is 0 Å². The van der Waals surface area contributed by atoms with E-state index in [1.165, 1.54) is 4.90 Å². The lowest BCUT2D eigenvalue weighted by Crippen LogP contribution is -2.46. The lowest BCUT2D eigenvalue weighted by Gasteiger charge is -2.32. The first kappa shape index (κ1) is 20.8. The summed E-state index contributed by atoms with van der Waals surface area (Å²) in [5.41, 5.74) is 1.15. The smallest absolute Gasteiger partial charge is 0.261 e. The van der Waals surface area contributed by atoms with Gasteiger partial charge in [0, 0.05) is 30.7 Å². The lowest BCUT2D eigenvalue weighted by atomic mass is 9.94. The molecule has 0 spiro atoms. The second-order valence-corrected chi connectivity index (χ2v) is 8.57. The van der Waals surface area contributed by atoms with E-state index < -0.39 is 0 Å². The Labute approximate surface area is 180 Å². The number of carbonyl (C=O) groups excluding carboxylic acids is 4. The highest BCUT2D eigenvalue weighted by atomic mass is 35.5. The number of benzene rings is 1. The van der Waals surface area contributed by atoms with Crippen LogP contribution in [0.15, 0.2) is 18.2 Å². The third kappa shape index (κ3) is 3.95. The molecule has 1 saturated carbocycles. The number of imide groups is 1. The number of halogens is 1. The molecule has 0 radical (unpaired) electrons. The predicted octanol–water partition coefficient (Wildman–Crippen LogP) is 2.57. The van der Waals surface area contributed by atoms with Gasteiger partial charge in [-0.3, -0.25) is 24.1 Å². The molecule has 30 heavy (non-hydrogen) atoms. The molecule has 2 heterocycles.